The number of anilines is 1. The van der Waals surface area contributed by atoms with Crippen molar-refractivity contribution >= 4 is 5.69 Å². The molecule has 0 aliphatic carbocycles. The molecule has 2 nitrogen and oxygen atoms in total. The molecule has 0 saturated carbocycles. The van der Waals surface area contributed by atoms with E-state index in [4.69, 9.17) is 5.26 Å². The van der Waals surface area contributed by atoms with Crippen LogP contribution in [0.15, 0.2) is 36.4 Å². The zero-order chi connectivity index (χ0) is 13.8. The summed E-state index contributed by atoms with van der Waals surface area (Å²) in [4.78, 5) is 0. The van der Waals surface area contributed by atoms with Crippen LogP contribution in [0.2, 0.25) is 0 Å². The molecule has 2 rings (SSSR count). The zero-order valence-electron chi connectivity index (χ0n) is 11.0. The van der Waals surface area contributed by atoms with Gasteiger partial charge in [-0.2, -0.15) is 5.26 Å². The summed E-state index contributed by atoms with van der Waals surface area (Å²) < 4.78 is 13.0. The van der Waals surface area contributed by atoms with Gasteiger partial charge in [0.25, 0.3) is 0 Å². The smallest absolute Gasteiger partial charge is 0.124 e. The third-order valence-electron chi connectivity index (χ3n) is 3.16. The third kappa shape index (κ3) is 3.11. The molecule has 0 bridgehead atoms. The van der Waals surface area contributed by atoms with Crippen LogP contribution in [0.1, 0.15) is 22.3 Å². The van der Waals surface area contributed by atoms with Crippen molar-refractivity contribution in [1.82, 2.24) is 0 Å². The average molecular weight is 254 g/mol. The quantitative estimate of drug-likeness (QED) is 0.900. The maximum absolute atomic E-state index is 13.0. The van der Waals surface area contributed by atoms with E-state index in [1.54, 1.807) is 6.07 Å². The fourth-order valence-electron chi connectivity index (χ4n) is 1.87. The monoisotopic (exact) mass is 254 g/mol. The predicted octanol–water partition coefficient (Wildman–Crippen LogP) is 3.93. The van der Waals surface area contributed by atoms with Gasteiger partial charge in [0.05, 0.1) is 11.3 Å². The SMILES string of the molecule is Cc1ccc(CNc2ccc(F)cc2C#N)cc1C. The van der Waals surface area contributed by atoms with E-state index in [2.05, 4.69) is 31.3 Å². The van der Waals surface area contributed by atoms with Crippen molar-refractivity contribution in [3.8, 4) is 6.07 Å². The molecule has 0 aromatic heterocycles. The van der Waals surface area contributed by atoms with E-state index in [0.717, 1.165) is 5.56 Å². The molecule has 0 amide bonds. The Bertz CT molecular complexity index is 642. The number of aryl methyl sites for hydroxylation is 2. The molecule has 96 valence electrons. The summed E-state index contributed by atoms with van der Waals surface area (Å²) in [6, 6.07) is 12.4. The molecule has 0 unspecified atom stereocenters. The second-order valence-electron chi connectivity index (χ2n) is 4.57. The van der Waals surface area contributed by atoms with Gasteiger partial charge in [-0.3, -0.25) is 0 Å². The summed E-state index contributed by atoms with van der Waals surface area (Å²) in [6.45, 7) is 4.75. The number of nitriles is 1. The third-order valence-corrected chi connectivity index (χ3v) is 3.16. The molecular formula is C16H15FN2. The highest BCUT2D eigenvalue weighted by atomic mass is 19.1. The lowest BCUT2D eigenvalue weighted by molar-refractivity contribution is 0.627. The summed E-state index contributed by atoms with van der Waals surface area (Å²) in [7, 11) is 0. The minimum absolute atomic E-state index is 0.323. The zero-order valence-corrected chi connectivity index (χ0v) is 11.0. The summed E-state index contributed by atoms with van der Waals surface area (Å²) in [5, 5.41) is 12.1. The second-order valence-corrected chi connectivity index (χ2v) is 4.57. The normalized spacial score (nSPS) is 10.0. The maximum Gasteiger partial charge on any atom is 0.124 e. The summed E-state index contributed by atoms with van der Waals surface area (Å²) in [5.41, 5.74) is 4.60. The van der Waals surface area contributed by atoms with Crippen LogP contribution in [-0.4, -0.2) is 0 Å². The first kappa shape index (κ1) is 13.1. The van der Waals surface area contributed by atoms with Crippen molar-refractivity contribution in [2.24, 2.45) is 0 Å². The fourth-order valence-corrected chi connectivity index (χ4v) is 1.87. The molecule has 0 atom stereocenters. The van der Waals surface area contributed by atoms with E-state index in [-0.39, 0.29) is 0 Å². The first-order valence-corrected chi connectivity index (χ1v) is 6.10. The Kier molecular flexibility index (Phi) is 3.82. The van der Waals surface area contributed by atoms with Crippen LogP contribution in [0.5, 0.6) is 0 Å². The molecule has 2 aromatic carbocycles. The number of hydrogen-bond acceptors (Lipinski definition) is 2. The Morgan fingerprint density at radius 3 is 2.58 bits per heavy atom. The van der Waals surface area contributed by atoms with Crippen molar-refractivity contribution in [2.75, 3.05) is 5.32 Å². The van der Waals surface area contributed by atoms with E-state index in [0.29, 0.717) is 17.8 Å². The van der Waals surface area contributed by atoms with Crippen LogP contribution in [0.3, 0.4) is 0 Å². The maximum atomic E-state index is 13.0. The standard InChI is InChI=1S/C16H15FN2/c1-11-3-4-13(7-12(11)2)10-19-16-6-5-15(17)8-14(16)9-18/h3-8,19H,10H2,1-2H3. The summed E-state index contributed by atoms with van der Waals surface area (Å²) >= 11 is 0. The van der Waals surface area contributed by atoms with Crippen LogP contribution >= 0.6 is 0 Å². The van der Waals surface area contributed by atoms with Gasteiger partial charge in [0.15, 0.2) is 0 Å². The highest BCUT2D eigenvalue weighted by molar-refractivity contribution is 5.57. The predicted molar refractivity (Wildman–Crippen MR) is 74.4 cm³/mol. The molecule has 2 aromatic rings. The van der Waals surface area contributed by atoms with Gasteiger partial charge in [-0.1, -0.05) is 18.2 Å². The molecule has 0 saturated heterocycles. The molecule has 0 aliphatic heterocycles. The number of nitrogens with zero attached hydrogens (tertiary/aromatic N) is 1. The van der Waals surface area contributed by atoms with Crippen molar-refractivity contribution in [3.63, 3.8) is 0 Å². The van der Waals surface area contributed by atoms with Crippen LogP contribution in [0.25, 0.3) is 0 Å². The van der Waals surface area contributed by atoms with E-state index >= 15 is 0 Å². The molecule has 0 fully saturated rings. The number of rotatable bonds is 3. The van der Waals surface area contributed by atoms with Crippen molar-refractivity contribution in [2.45, 2.75) is 20.4 Å². The van der Waals surface area contributed by atoms with E-state index in [1.165, 1.54) is 23.3 Å². The largest absolute Gasteiger partial charge is 0.380 e. The van der Waals surface area contributed by atoms with Crippen LogP contribution in [0, 0.1) is 31.0 Å². The Morgan fingerprint density at radius 1 is 1.11 bits per heavy atom. The van der Waals surface area contributed by atoms with Gasteiger partial charge in [-0.05, 0) is 48.7 Å². The lowest BCUT2D eigenvalue weighted by Crippen LogP contribution is -2.02. The van der Waals surface area contributed by atoms with Gasteiger partial charge in [-0.25, -0.2) is 4.39 Å². The first-order chi connectivity index (χ1) is 9.10. The van der Waals surface area contributed by atoms with Gasteiger partial charge in [0.2, 0.25) is 0 Å². The van der Waals surface area contributed by atoms with Crippen LogP contribution in [0.4, 0.5) is 10.1 Å². The lowest BCUT2D eigenvalue weighted by atomic mass is 10.1. The van der Waals surface area contributed by atoms with Crippen LogP contribution < -0.4 is 5.32 Å². The van der Waals surface area contributed by atoms with Gasteiger partial charge in [0, 0.05) is 6.54 Å². The topological polar surface area (TPSA) is 35.8 Å². The highest BCUT2D eigenvalue weighted by Crippen LogP contribution is 2.18. The molecule has 1 N–H and O–H groups in total. The van der Waals surface area contributed by atoms with E-state index < -0.39 is 5.82 Å². The molecule has 0 aliphatic rings. The molecular weight excluding hydrogens is 239 g/mol. The van der Waals surface area contributed by atoms with Gasteiger partial charge in [0.1, 0.15) is 11.9 Å². The molecule has 3 heteroatoms. The van der Waals surface area contributed by atoms with Crippen molar-refractivity contribution < 1.29 is 4.39 Å². The first-order valence-electron chi connectivity index (χ1n) is 6.10. The van der Waals surface area contributed by atoms with Gasteiger partial charge >= 0.3 is 0 Å². The number of halogens is 1. The minimum atomic E-state index is -0.395. The Labute approximate surface area is 112 Å². The molecule has 0 radical (unpaired) electrons. The molecule has 0 heterocycles. The number of hydrogen-bond donors (Lipinski definition) is 1. The van der Waals surface area contributed by atoms with Gasteiger partial charge in [-0.15, -0.1) is 0 Å². The van der Waals surface area contributed by atoms with Gasteiger partial charge < -0.3 is 5.32 Å². The van der Waals surface area contributed by atoms with Crippen LogP contribution in [-0.2, 0) is 6.54 Å². The number of benzene rings is 2. The second kappa shape index (κ2) is 5.53. The molecule has 0 spiro atoms. The highest BCUT2D eigenvalue weighted by Gasteiger charge is 2.03. The Morgan fingerprint density at radius 2 is 1.89 bits per heavy atom. The van der Waals surface area contributed by atoms with E-state index in [9.17, 15) is 4.39 Å². The lowest BCUT2D eigenvalue weighted by Gasteiger charge is -2.10. The fraction of sp³-hybridized carbons (Fsp3) is 0.188. The molecule has 19 heavy (non-hydrogen) atoms. The average Bonchev–Trinajstić information content (AvgIpc) is 2.41. The number of nitrogens with one attached hydrogen (secondary N) is 1. The van der Waals surface area contributed by atoms with Crippen molar-refractivity contribution in [1.29, 1.82) is 5.26 Å². The summed E-state index contributed by atoms with van der Waals surface area (Å²) in [6.07, 6.45) is 0. The Balaban J connectivity index is 2.14. The Hall–Kier alpha value is -2.34. The van der Waals surface area contributed by atoms with E-state index in [1.807, 2.05) is 12.1 Å². The summed E-state index contributed by atoms with van der Waals surface area (Å²) in [5.74, 6) is -0.395. The minimum Gasteiger partial charge on any atom is -0.380 e. The van der Waals surface area contributed by atoms with Crippen molar-refractivity contribution in [3.05, 3.63) is 64.5 Å².